The fourth-order valence-electron chi connectivity index (χ4n) is 3.06. The van der Waals surface area contributed by atoms with E-state index in [1.165, 1.54) is 0 Å². The number of amides is 2. The van der Waals surface area contributed by atoms with Crippen LogP contribution < -0.4 is 10.6 Å². The number of anilines is 2. The van der Waals surface area contributed by atoms with E-state index < -0.39 is 0 Å². The Bertz CT molecular complexity index is 959. The van der Waals surface area contributed by atoms with Crippen molar-refractivity contribution in [1.82, 2.24) is 19.8 Å². The third-order valence-corrected chi connectivity index (χ3v) is 4.54. The smallest absolute Gasteiger partial charge is 0.256 e. The number of benzene rings is 1. The lowest BCUT2D eigenvalue weighted by molar-refractivity contribution is 0.101. The van der Waals surface area contributed by atoms with Crippen LogP contribution >= 0.6 is 0 Å². The monoisotopic (exact) mass is 432 g/mol. The molecule has 0 unspecified atom stereocenters. The first-order valence-corrected chi connectivity index (χ1v) is 10.2. The number of carbonyl (C=O) groups is 2. The van der Waals surface area contributed by atoms with E-state index in [9.17, 15) is 9.59 Å². The number of nitrogens with one attached hydrogen (secondary N) is 2. The van der Waals surface area contributed by atoms with Gasteiger partial charge in [0.2, 0.25) is 0 Å². The van der Waals surface area contributed by atoms with E-state index in [1.54, 1.807) is 48.8 Å². The van der Waals surface area contributed by atoms with Gasteiger partial charge in [-0.25, -0.2) is 9.97 Å². The highest BCUT2D eigenvalue weighted by Crippen LogP contribution is 2.12. The maximum Gasteiger partial charge on any atom is 0.256 e. The molecule has 0 saturated carbocycles. The van der Waals surface area contributed by atoms with Crippen LogP contribution in [0.1, 0.15) is 31.8 Å². The van der Waals surface area contributed by atoms with Crippen molar-refractivity contribution >= 4 is 23.5 Å². The van der Waals surface area contributed by atoms with Crippen molar-refractivity contribution in [2.75, 3.05) is 38.8 Å². The third kappa shape index (κ3) is 6.69. The second kappa shape index (κ2) is 10.6. The molecule has 3 aromatic rings. The Morgan fingerprint density at radius 3 is 1.31 bits per heavy atom. The molecule has 32 heavy (non-hydrogen) atoms. The lowest BCUT2D eigenvalue weighted by Crippen LogP contribution is -2.16. The molecule has 0 saturated heterocycles. The normalized spacial score (nSPS) is 10.9. The molecule has 0 aliphatic heterocycles. The van der Waals surface area contributed by atoms with Gasteiger partial charge in [-0.15, -0.1) is 0 Å². The molecule has 8 nitrogen and oxygen atoms in total. The minimum atomic E-state index is -0.289. The zero-order valence-corrected chi connectivity index (χ0v) is 18.8. The molecule has 3 rings (SSSR count). The minimum absolute atomic E-state index is 0.289. The van der Waals surface area contributed by atoms with Gasteiger partial charge in [-0.3, -0.25) is 9.59 Å². The molecule has 2 heterocycles. The van der Waals surface area contributed by atoms with Crippen LogP contribution in [0.2, 0.25) is 0 Å². The summed E-state index contributed by atoms with van der Waals surface area (Å²) in [5.41, 5.74) is 2.99. The number of aromatic nitrogens is 2. The highest BCUT2D eigenvalue weighted by atomic mass is 16.2. The van der Waals surface area contributed by atoms with Gasteiger partial charge in [0.15, 0.2) is 0 Å². The molecule has 0 aliphatic rings. The standard InChI is InChI=1S/C24H28N6O2/c1-29(2)15-17-5-11-21(25-13-17)27-23(31)19-7-9-20(10-8-19)24(32)28-22-12-6-18(14-26-22)16-30(3)4/h5-14H,15-16H2,1-4H3,(H,25,27,31)(H,26,28,32). The van der Waals surface area contributed by atoms with Crippen molar-refractivity contribution in [3.63, 3.8) is 0 Å². The largest absolute Gasteiger partial charge is 0.307 e. The zero-order chi connectivity index (χ0) is 23.1. The minimum Gasteiger partial charge on any atom is -0.307 e. The highest BCUT2D eigenvalue weighted by Gasteiger charge is 2.11. The molecule has 8 heteroatoms. The van der Waals surface area contributed by atoms with Crippen LogP contribution in [-0.4, -0.2) is 59.8 Å². The first kappa shape index (κ1) is 23.1. The van der Waals surface area contributed by atoms with Crippen LogP contribution in [0.25, 0.3) is 0 Å². The van der Waals surface area contributed by atoms with Crippen LogP contribution in [0.3, 0.4) is 0 Å². The van der Waals surface area contributed by atoms with Crippen LogP contribution in [0, 0.1) is 0 Å². The SMILES string of the molecule is CN(C)Cc1ccc(NC(=O)c2ccc(C(=O)Nc3ccc(CN(C)C)cn3)cc2)nc1. The van der Waals surface area contributed by atoms with E-state index >= 15 is 0 Å². The lowest BCUT2D eigenvalue weighted by atomic mass is 10.1. The Labute approximate surface area is 188 Å². The molecule has 1 aromatic carbocycles. The summed E-state index contributed by atoms with van der Waals surface area (Å²) >= 11 is 0. The van der Waals surface area contributed by atoms with Gasteiger partial charge in [0, 0.05) is 36.6 Å². The van der Waals surface area contributed by atoms with Crippen molar-refractivity contribution in [2.24, 2.45) is 0 Å². The van der Waals surface area contributed by atoms with Crippen molar-refractivity contribution in [2.45, 2.75) is 13.1 Å². The Hall–Kier alpha value is -3.62. The third-order valence-electron chi connectivity index (χ3n) is 4.54. The Kier molecular flexibility index (Phi) is 7.64. The van der Waals surface area contributed by atoms with Crippen molar-refractivity contribution < 1.29 is 9.59 Å². The summed E-state index contributed by atoms with van der Waals surface area (Å²) in [5.74, 6) is 0.372. The maximum absolute atomic E-state index is 12.5. The average molecular weight is 433 g/mol. The quantitative estimate of drug-likeness (QED) is 0.569. The summed E-state index contributed by atoms with van der Waals surface area (Å²) in [5, 5.41) is 5.54. The number of rotatable bonds is 8. The molecule has 2 aromatic heterocycles. The highest BCUT2D eigenvalue weighted by molar-refractivity contribution is 6.06. The topological polar surface area (TPSA) is 90.5 Å². The Morgan fingerprint density at radius 2 is 1.03 bits per heavy atom. The Balaban J connectivity index is 1.57. The molecule has 0 bridgehead atoms. The zero-order valence-electron chi connectivity index (χ0n) is 18.8. The van der Waals surface area contributed by atoms with Crippen molar-refractivity contribution in [1.29, 1.82) is 0 Å². The van der Waals surface area contributed by atoms with Gasteiger partial charge in [-0.05, 0) is 75.7 Å². The summed E-state index contributed by atoms with van der Waals surface area (Å²) in [6, 6.07) is 13.8. The maximum atomic E-state index is 12.5. The summed E-state index contributed by atoms with van der Waals surface area (Å²) in [4.78, 5) is 37.6. The number of hydrogen-bond donors (Lipinski definition) is 2. The predicted molar refractivity (Wildman–Crippen MR) is 126 cm³/mol. The first-order chi connectivity index (χ1) is 15.3. The van der Waals surface area contributed by atoms with Crippen LogP contribution in [-0.2, 0) is 13.1 Å². The van der Waals surface area contributed by atoms with Crippen LogP contribution in [0.15, 0.2) is 60.9 Å². The molecule has 0 spiro atoms. The summed E-state index contributed by atoms with van der Waals surface area (Å²) in [6.07, 6.45) is 3.48. The molecule has 0 aliphatic carbocycles. The van der Waals surface area contributed by atoms with Gasteiger partial charge in [-0.2, -0.15) is 0 Å². The molecule has 0 radical (unpaired) electrons. The number of nitrogens with zero attached hydrogens (tertiary/aromatic N) is 4. The molecular formula is C24H28N6O2. The fourth-order valence-corrected chi connectivity index (χ4v) is 3.06. The van der Waals surface area contributed by atoms with Crippen LogP contribution in [0.4, 0.5) is 11.6 Å². The summed E-state index contributed by atoms with van der Waals surface area (Å²) in [6.45, 7) is 1.56. The van der Waals surface area contributed by atoms with Gasteiger partial charge >= 0.3 is 0 Å². The molecule has 2 N–H and O–H groups in total. The molecule has 166 valence electrons. The number of hydrogen-bond acceptors (Lipinski definition) is 6. The van der Waals surface area contributed by atoms with Gasteiger partial charge in [0.1, 0.15) is 11.6 Å². The van der Waals surface area contributed by atoms with E-state index in [0.717, 1.165) is 24.2 Å². The van der Waals surface area contributed by atoms with Gasteiger partial charge in [0.05, 0.1) is 0 Å². The molecular weight excluding hydrogens is 404 g/mol. The number of carbonyl (C=O) groups excluding carboxylic acids is 2. The van der Waals surface area contributed by atoms with E-state index in [2.05, 4.69) is 20.6 Å². The van der Waals surface area contributed by atoms with Gasteiger partial charge < -0.3 is 20.4 Å². The van der Waals surface area contributed by atoms with Crippen molar-refractivity contribution in [3.8, 4) is 0 Å². The molecule has 2 amide bonds. The average Bonchev–Trinajstić information content (AvgIpc) is 2.76. The molecule has 0 atom stereocenters. The van der Waals surface area contributed by atoms with Crippen LogP contribution in [0.5, 0.6) is 0 Å². The second-order valence-electron chi connectivity index (χ2n) is 8.06. The van der Waals surface area contributed by atoms with E-state index in [4.69, 9.17) is 0 Å². The van der Waals surface area contributed by atoms with E-state index in [1.807, 2.05) is 50.1 Å². The summed E-state index contributed by atoms with van der Waals surface area (Å²) < 4.78 is 0. The van der Waals surface area contributed by atoms with Crippen molar-refractivity contribution in [3.05, 3.63) is 83.2 Å². The van der Waals surface area contributed by atoms with E-state index in [-0.39, 0.29) is 11.8 Å². The number of pyridine rings is 2. The first-order valence-electron chi connectivity index (χ1n) is 10.2. The predicted octanol–water partition coefficient (Wildman–Crippen LogP) is 3.10. The fraction of sp³-hybridized carbons (Fsp3) is 0.250. The summed E-state index contributed by atoms with van der Waals surface area (Å²) in [7, 11) is 7.94. The van der Waals surface area contributed by atoms with Gasteiger partial charge in [-0.1, -0.05) is 12.1 Å². The molecule has 0 fully saturated rings. The second-order valence-corrected chi connectivity index (χ2v) is 8.06. The van der Waals surface area contributed by atoms with Gasteiger partial charge in [0.25, 0.3) is 11.8 Å². The lowest BCUT2D eigenvalue weighted by Gasteiger charge is -2.10. The van der Waals surface area contributed by atoms with E-state index in [0.29, 0.717) is 22.8 Å². The Morgan fingerprint density at radius 1 is 0.656 bits per heavy atom.